The van der Waals surface area contributed by atoms with Gasteiger partial charge in [-0.05, 0) is 13.8 Å². The Morgan fingerprint density at radius 3 is 2.17 bits per heavy atom. The van der Waals surface area contributed by atoms with E-state index in [0.717, 1.165) is 6.42 Å². The second kappa shape index (κ2) is 9.34. The molecule has 0 aliphatic carbocycles. The summed E-state index contributed by atoms with van der Waals surface area (Å²) < 4.78 is 14.1. The Kier molecular flexibility index (Phi) is 7.45. The number of hydrogen-bond acceptors (Lipinski definition) is 7. The van der Waals surface area contributed by atoms with Crippen molar-refractivity contribution in [3.63, 3.8) is 0 Å². The van der Waals surface area contributed by atoms with Gasteiger partial charge in [0.2, 0.25) is 6.10 Å². The van der Waals surface area contributed by atoms with Crippen LogP contribution in [0, 0.1) is 6.42 Å². The highest BCUT2D eigenvalue weighted by Crippen LogP contribution is 2.07. The highest BCUT2D eigenvalue weighted by molar-refractivity contribution is 6.40. The van der Waals surface area contributed by atoms with Gasteiger partial charge in [0.1, 0.15) is 6.42 Å². The van der Waals surface area contributed by atoms with Crippen molar-refractivity contribution >= 4 is 23.7 Å². The largest absolute Gasteiger partial charge is 0.466 e. The SMILES string of the molecule is CCOC(=O)[CH]C(OC(=O)C(=O)c1ccccc1)C(=O)OCC. The number of carbonyl (C=O) groups excluding carboxylic acids is 4. The Balaban J connectivity index is 2.78. The summed E-state index contributed by atoms with van der Waals surface area (Å²) in [5.41, 5.74) is 0.108. The van der Waals surface area contributed by atoms with Crippen molar-refractivity contribution in [2.45, 2.75) is 20.0 Å². The Hall–Kier alpha value is -2.70. The maximum absolute atomic E-state index is 11.9. The normalized spacial score (nSPS) is 11.2. The van der Waals surface area contributed by atoms with E-state index in [0.29, 0.717) is 0 Å². The topological polar surface area (TPSA) is 96.0 Å². The fraction of sp³-hybridized carbons (Fsp3) is 0.312. The minimum Gasteiger partial charge on any atom is -0.466 e. The molecule has 0 saturated heterocycles. The molecule has 1 aromatic rings. The van der Waals surface area contributed by atoms with Crippen LogP contribution in [-0.2, 0) is 28.6 Å². The Morgan fingerprint density at radius 1 is 1.00 bits per heavy atom. The predicted octanol–water partition coefficient (Wildman–Crippen LogP) is 1.11. The van der Waals surface area contributed by atoms with Gasteiger partial charge in [0, 0.05) is 5.56 Å². The monoisotopic (exact) mass is 321 g/mol. The van der Waals surface area contributed by atoms with Crippen LogP contribution in [-0.4, -0.2) is 43.0 Å². The van der Waals surface area contributed by atoms with Crippen molar-refractivity contribution in [2.75, 3.05) is 13.2 Å². The third-order valence-electron chi connectivity index (χ3n) is 2.55. The molecular formula is C16H17O7. The molecule has 1 atom stereocenters. The predicted molar refractivity (Wildman–Crippen MR) is 78.2 cm³/mol. The van der Waals surface area contributed by atoms with Gasteiger partial charge < -0.3 is 14.2 Å². The maximum Gasteiger partial charge on any atom is 0.380 e. The first-order chi connectivity index (χ1) is 11.0. The number of carbonyl (C=O) groups is 4. The molecule has 7 nitrogen and oxygen atoms in total. The molecule has 1 aromatic carbocycles. The van der Waals surface area contributed by atoms with Gasteiger partial charge in [-0.15, -0.1) is 0 Å². The molecule has 0 bridgehead atoms. The number of rotatable bonds is 8. The smallest absolute Gasteiger partial charge is 0.380 e. The zero-order valence-electron chi connectivity index (χ0n) is 12.8. The van der Waals surface area contributed by atoms with Gasteiger partial charge in [-0.1, -0.05) is 30.3 Å². The van der Waals surface area contributed by atoms with Crippen molar-refractivity contribution < 1.29 is 33.4 Å². The van der Waals surface area contributed by atoms with Crippen molar-refractivity contribution in [2.24, 2.45) is 0 Å². The lowest BCUT2D eigenvalue weighted by atomic mass is 10.1. The molecule has 0 spiro atoms. The van der Waals surface area contributed by atoms with Gasteiger partial charge in [0.15, 0.2) is 0 Å². The Bertz CT molecular complexity index is 565. The lowest BCUT2D eigenvalue weighted by Gasteiger charge is -2.15. The summed E-state index contributed by atoms with van der Waals surface area (Å²) in [7, 11) is 0. The van der Waals surface area contributed by atoms with Crippen molar-refractivity contribution in [1.29, 1.82) is 0 Å². The summed E-state index contributed by atoms with van der Waals surface area (Å²) >= 11 is 0. The van der Waals surface area contributed by atoms with Gasteiger partial charge >= 0.3 is 17.9 Å². The fourth-order valence-corrected chi connectivity index (χ4v) is 1.56. The Labute approximate surface area is 133 Å². The molecule has 0 aliphatic heterocycles. The minimum absolute atomic E-state index is 0.0240. The summed E-state index contributed by atoms with van der Waals surface area (Å²) in [6.45, 7) is 3.24. The van der Waals surface area contributed by atoms with Crippen LogP contribution in [0.1, 0.15) is 24.2 Å². The first kappa shape index (κ1) is 18.3. The molecule has 0 heterocycles. The number of ether oxygens (including phenoxy) is 3. The van der Waals surface area contributed by atoms with Crippen LogP contribution in [0.2, 0.25) is 0 Å². The Morgan fingerprint density at radius 2 is 1.61 bits per heavy atom. The quantitative estimate of drug-likeness (QED) is 0.306. The minimum atomic E-state index is -1.64. The summed E-state index contributed by atoms with van der Waals surface area (Å²) in [6.07, 6.45) is -0.897. The van der Waals surface area contributed by atoms with E-state index in [9.17, 15) is 19.2 Å². The molecule has 7 heteroatoms. The van der Waals surface area contributed by atoms with Crippen LogP contribution >= 0.6 is 0 Å². The first-order valence-corrected chi connectivity index (χ1v) is 6.98. The highest BCUT2D eigenvalue weighted by atomic mass is 16.6. The highest BCUT2D eigenvalue weighted by Gasteiger charge is 2.31. The third-order valence-corrected chi connectivity index (χ3v) is 2.55. The standard InChI is InChI=1S/C16H17O7/c1-3-21-13(17)10-12(15(19)22-4-2)23-16(20)14(18)11-8-6-5-7-9-11/h5-10,12H,3-4H2,1-2H3. The molecule has 0 aromatic heterocycles. The number of Topliss-reactive ketones (excluding diaryl/α,β-unsaturated/α-hetero) is 1. The fourth-order valence-electron chi connectivity index (χ4n) is 1.56. The molecule has 0 saturated carbocycles. The van der Waals surface area contributed by atoms with E-state index < -0.39 is 29.8 Å². The van der Waals surface area contributed by atoms with E-state index >= 15 is 0 Å². The molecule has 23 heavy (non-hydrogen) atoms. The average molecular weight is 321 g/mol. The molecule has 0 N–H and O–H groups in total. The molecule has 0 fully saturated rings. The maximum atomic E-state index is 11.9. The second-order valence-corrected chi connectivity index (χ2v) is 4.19. The molecule has 0 aliphatic rings. The van der Waals surface area contributed by atoms with Crippen LogP contribution in [0.25, 0.3) is 0 Å². The van der Waals surface area contributed by atoms with E-state index in [2.05, 4.69) is 4.74 Å². The van der Waals surface area contributed by atoms with E-state index in [-0.39, 0.29) is 18.8 Å². The third kappa shape index (κ3) is 5.90. The van der Waals surface area contributed by atoms with E-state index in [1.165, 1.54) is 12.1 Å². The summed E-state index contributed by atoms with van der Waals surface area (Å²) in [4.78, 5) is 46.9. The van der Waals surface area contributed by atoms with E-state index in [1.807, 2.05) is 0 Å². The molecule has 1 unspecified atom stereocenters. The summed E-state index contributed by atoms with van der Waals surface area (Å²) in [5.74, 6) is -4.02. The van der Waals surface area contributed by atoms with Crippen molar-refractivity contribution in [1.82, 2.24) is 0 Å². The van der Waals surface area contributed by atoms with Crippen LogP contribution in [0.15, 0.2) is 30.3 Å². The van der Waals surface area contributed by atoms with Gasteiger partial charge in [0.25, 0.3) is 5.78 Å². The van der Waals surface area contributed by atoms with Crippen LogP contribution in [0.5, 0.6) is 0 Å². The van der Waals surface area contributed by atoms with Gasteiger partial charge in [-0.2, -0.15) is 0 Å². The average Bonchev–Trinajstić information content (AvgIpc) is 2.54. The van der Waals surface area contributed by atoms with Gasteiger partial charge in [0.05, 0.1) is 13.2 Å². The number of esters is 3. The zero-order chi connectivity index (χ0) is 17.2. The van der Waals surface area contributed by atoms with Crippen LogP contribution in [0.4, 0.5) is 0 Å². The van der Waals surface area contributed by atoms with E-state index in [1.54, 1.807) is 32.0 Å². The molecule has 1 rings (SSSR count). The lowest BCUT2D eigenvalue weighted by Crippen LogP contribution is -2.35. The lowest BCUT2D eigenvalue weighted by molar-refractivity contribution is -0.164. The van der Waals surface area contributed by atoms with Crippen molar-refractivity contribution in [3.05, 3.63) is 42.3 Å². The van der Waals surface area contributed by atoms with Crippen LogP contribution in [0.3, 0.4) is 0 Å². The summed E-state index contributed by atoms with van der Waals surface area (Å²) in [6, 6.07) is 7.69. The zero-order valence-corrected chi connectivity index (χ0v) is 12.8. The first-order valence-electron chi connectivity index (χ1n) is 6.98. The molecule has 123 valence electrons. The second-order valence-electron chi connectivity index (χ2n) is 4.19. The molecule has 1 radical (unpaired) electrons. The van der Waals surface area contributed by atoms with E-state index in [4.69, 9.17) is 9.47 Å². The van der Waals surface area contributed by atoms with Crippen LogP contribution < -0.4 is 0 Å². The van der Waals surface area contributed by atoms with Gasteiger partial charge in [-0.25, -0.2) is 9.59 Å². The number of ketones is 1. The molecule has 0 amide bonds. The van der Waals surface area contributed by atoms with Gasteiger partial charge in [-0.3, -0.25) is 9.59 Å². The van der Waals surface area contributed by atoms with Crippen molar-refractivity contribution in [3.8, 4) is 0 Å². The molecular weight excluding hydrogens is 304 g/mol. The number of benzene rings is 1. The summed E-state index contributed by atoms with van der Waals surface area (Å²) in [5, 5.41) is 0. The number of hydrogen-bond donors (Lipinski definition) is 0.